The van der Waals surface area contributed by atoms with Crippen LogP contribution in [0, 0.1) is 0 Å². The van der Waals surface area contributed by atoms with Crippen LogP contribution in [0.3, 0.4) is 0 Å². The summed E-state index contributed by atoms with van der Waals surface area (Å²) in [5.74, 6) is -0.393. The SMILES string of the molecule is C/C=C(OCCCCCCN)\C(CCCN)=C(\CN)C(=O)O.CC. The minimum atomic E-state index is -1.000. The summed E-state index contributed by atoms with van der Waals surface area (Å²) in [4.78, 5) is 11.3. The summed E-state index contributed by atoms with van der Waals surface area (Å²) < 4.78 is 5.78. The second-order valence-corrected chi connectivity index (χ2v) is 5.06. The lowest BCUT2D eigenvalue weighted by Crippen LogP contribution is -2.17. The molecule has 0 heterocycles. The van der Waals surface area contributed by atoms with Crippen LogP contribution < -0.4 is 17.2 Å². The number of aliphatic carboxylic acids is 1. The molecule has 0 spiro atoms. The van der Waals surface area contributed by atoms with E-state index in [0.717, 1.165) is 25.7 Å². The molecule has 0 atom stereocenters. The zero-order valence-electron chi connectivity index (χ0n) is 15.6. The van der Waals surface area contributed by atoms with Crippen LogP contribution in [0.5, 0.6) is 0 Å². The van der Waals surface area contributed by atoms with E-state index in [2.05, 4.69) is 0 Å². The first-order chi connectivity index (χ1) is 11.6. The molecule has 0 saturated heterocycles. The van der Waals surface area contributed by atoms with Crippen LogP contribution in [-0.2, 0) is 9.53 Å². The molecule has 142 valence electrons. The predicted molar refractivity (Wildman–Crippen MR) is 101 cm³/mol. The molecule has 0 aromatic rings. The van der Waals surface area contributed by atoms with Crippen molar-refractivity contribution in [1.82, 2.24) is 0 Å². The molecule has 0 aliphatic rings. The average Bonchev–Trinajstić information content (AvgIpc) is 2.60. The number of carbonyl (C=O) groups is 1. The number of allylic oxidation sites excluding steroid dienone is 2. The van der Waals surface area contributed by atoms with Gasteiger partial charge in [-0.25, -0.2) is 4.79 Å². The molecular weight excluding hydrogens is 306 g/mol. The van der Waals surface area contributed by atoms with Gasteiger partial charge in [-0.3, -0.25) is 0 Å². The zero-order chi connectivity index (χ0) is 18.8. The topological polar surface area (TPSA) is 125 Å². The molecule has 0 rings (SSSR count). The minimum Gasteiger partial charge on any atom is -0.494 e. The summed E-state index contributed by atoms with van der Waals surface area (Å²) >= 11 is 0. The van der Waals surface area contributed by atoms with Crippen molar-refractivity contribution in [3.05, 3.63) is 23.0 Å². The number of hydrogen-bond acceptors (Lipinski definition) is 5. The smallest absolute Gasteiger partial charge is 0.333 e. The quantitative estimate of drug-likeness (QED) is 0.176. The Kier molecular flexibility index (Phi) is 18.6. The molecule has 0 aromatic heterocycles. The van der Waals surface area contributed by atoms with Gasteiger partial charge >= 0.3 is 5.97 Å². The van der Waals surface area contributed by atoms with Gasteiger partial charge in [0.15, 0.2) is 0 Å². The first-order valence-electron chi connectivity index (χ1n) is 8.97. The van der Waals surface area contributed by atoms with E-state index < -0.39 is 5.97 Å². The zero-order valence-corrected chi connectivity index (χ0v) is 15.6. The molecule has 0 amide bonds. The largest absolute Gasteiger partial charge is 0.494 e. The highest BCUT2D eigenvalue weighted by Gasteiger charge is 2.17. The highest BCUT2D eigenvalue weighted by atomic mass is 16.5. The summed E-state index contributed by atoms with van der Waals surface area (Å²) in [5, 5.41) is 9.29. The van der Waals surface area contributed by atoms with Crippen molar-refractivity contribution in [3.8, 4) is 0 Å². The first kappa shape index (κ1) is 24.9. The van der Waals surface area contributed by atoms with Crippen molar-refractivity contribution in [2.75, 3.05) is 26.2 Å². The predicted octanol–water partition coefficient (Wildman–Crippen LogP) is 2.53. The van der Waals surface area contributed by atoms with Crippen LogP contribution in [0.25, 0.3) is 0 Å². The van der Waals surface area contributed by atoms with Gasteiger partial charge in [-0.1, -0.05) is 26.7 Å². The van der Waals surface area contributed by atoms with Gasteiger partial charge in [-0.2, -0.15) is 0 Å². The van der Waals surface area contributed by atoms with Crippen molar-refractivity contribution in [2.24, 2.45) is 17.2 Å². The molecule has 0 aromatic carbocycles. The number of hydrogen-bond donors (Lipinski definition) is 4. The van der Waals surface area contributed by atoms with Crippen molar-refractivity contribution in [2.45, 2.75) is 59.3 Å². The van der Waals surface area contributed by atoms with Crippen LogP contribution in [0.2, 0.25) is 0 Å². The Hall–Kier alpha value is -1.37. The third-order valence-electron chi connectivity index (χ3n) is 3.37. The molecule has 0 bridgehead atoms. The third-order valence-corrected chi connectivity index (χ3v) is 3.37. The van der Waals surface area contributed by atoms with Crippen LogP contribution in [0.15, 0.2) is 23.0 Å². The second-order valence-electron chi connectivity index (χ2n) is 5.06. The van der Waals surface area contributed by atoms with Gasteiger partial charge in [0.1, 0.15) is 5.76 Å². The standard InChI is InChI=1S/C16H31N3O3.C2H6/c1-2-15(22-11-6-4-3-5-9-17)13(8-7-10-18)14(12-19)16(20)21;1-2/h2H,3-12,17-19H2,1H3,(H,20,21);1-2H3/b14-13-,15-2+;. The number of rotatable bonds is 13. The van der Waals surface area contributed by atoms with E-state index in [1.807, 2.05) is 20.8 Å². The monoisotopic (exact) mass is 343 g/mol. The van der Waals surface area contributed by atoms with Crippen LogP contribution in [0.4, 0.5) is 0 Å². The van der Waals surface area contributed by atoms with E-state index in [9.17, 15) is 9.90 Å². The fraction of sp³-hybridized carbons (Fsp3) is 0.722. The number of carboxylic acid groups (broad SMARTS) is 1. The van der Waals surface area contributed by atoms with Crippen LogP contribution in [0.1, 0.15) is 59.3 Å². The Balaban J connectivity index is 0. The third kappa shape index (κ3) is 11.2. The molecule has 7 N–H and O–H groups in total. The maximum atomic E-state index is 11.3. The fourth-order valence-corrected chi connectivity index (χ4v) is 2.17. The lowest BCUT2D eigenvalue weighted by atomic mass is 10.0. The summed E-state index contributed by atoms with van der Waals surface area (Å²) in [6, 6.07) is 0. The maximum Gasteiger partial charge on any atom is 0.333 e. The highest BCUT2D eigenvalue weighted by molar-refractivity contribution is 5.88. The summed E-state index contributed by atoms with van der Waals surface area (Å²) in [6.45, 7) is 7.59. The molecule has 0 aliphatic carbocycles. The van der Waals surface area contributed by atoms with Crippen LogP contribution >= 0.6 is 0 Å². The van der Waals surface area contributed by atoms with E-state index in [1.54, 1.807) is 6.08 Å². The molecule has 6 heteroatoms. The lowest BCUT2D eigenvalue weighted by molar-refractivity contribution is -0.132. The Morgan fingerprint density at radius 1 is 0.958 bits per heavy atom. The Labute approximate surface area is 147 Å². The molecule has 24 heavy (non-hydrogen) atoms. The van der Waals surface area contributed by atoms with Crippen molar-refractivity contribution >= 4 is 5.97 Å². The normalized spacial score (nSPS) is 12.2. The Morgan fingerprint density at radius 2 is 1.54 bits per heavy atom. The van der Waals surface area contributed by atoms with Gasteiger partial charge in [0.05, 0.1) is 12.2 Å². The van der Waals surface area contributed by atoms with E-state index in [0.29, 0.717) is 43.9 Å². The van der Waals surface area contributed by atoms with Gasteiger partial charge in [-0.15, -0.1) is 0 Å². The summed E-state index contributed by atoms with van der Waals surface area (Å²) in [5.41, 5.74) is 17.4. The molecule has 0 saturated carbocycles. The molecule has 0 aliphatic heterocycles. The fourth-order valence-electron chi connectivity index (χ4n) is 2.17. The molecule has 6 nitrogen and oxygen atoms in total. The van der Waals surface area contributed by atoms with Gasteiger partial charge in [-0.05, 0) is 51.8 Å². The Morgan fingerprint density at radius 3 is 2.00 bits per heavy atom. The summed E-state index contributed by atoms with van der Waals surface area (Å²) in [7, 11) is 0. The summed E-state index contributed by atoms with van der Waals surface area (Å²) in [6.07, 6.45) is 7.14. The second kappa shape index (κ2) is 18.0. The van der Waals surface area contributed by atoms with E-state index in [1.165, 1.54) is 0 Å². The van der Waals surface area contributed by atoms with Gasteiger partial charge in [0, 0.05) is 12.1 Å². The molecule has 0 radical (unpaired) electrons. The average molecular weight is 344 g/mol. The Bertz CT molecular complexity index is 380. The number of carboxylic acids is 1. The van der Waals surface area contributed by atoms with Crippen molar-refractivity contribution in [3.63, 3.8) is 0 Å². The number of ether oxygens (including phenoxy) is 1. The number of nitrogens with two attached hydrogens (primary N) is 3. The number of unbranched alkanes of at least 4 members (excludes halogenated alkanes) is 3. The van der Waals surface area contributed by atoms with Crippen molar-refractivity contribution in [1.29, 1.82) is 0 Å². The van der Waals surface area contributed by atoms with Crippen LogP contribution in [-0.4, -0.2) is 37.3 Å². The van der Waals surface area contributed by atoms with E-state index >= 15 is 0 Å². The highest BCUT2D eigenvalue weighted by Crippen LogP contribution is 2.22. The molecular formula is C18H37N3O3. The van der Waals surface area contributed by atoms with E-state index in [4.69, 9.17) is 21.9 Å². The van der Waals surface area contributed by atoms with Gasteiger partial charge < -0.3 is 27.0 Å². The first-order valence-corrected chi connectivity index (χ1v) is 8.97. The lowest BCUT2D eigenvalue weighted by Gasteiger charge is -2.16. The van der Waals surface area contributed by atoms with Gasteiger partial charge in [0.2, 0.25) is 0 Å². The molecule has 0 fully saturated rings. The molecule has 0 unspecified atom stereocenters. The van der Waals surface area contributed by atoms with E-state index in [-0.39, 0.29) is 12.1 Å². The minimum absolute atomic E-state index is 0.0214. The van der Waals surface area contributed by atoms with Crippen molar-refractivity contribution < 1.29 is 14.6 Å². The van der Waals surface area contributed by atoms with Gasteiger partial charge in [0.25, 0.3) is 0 Å². The maximum absolute atomic E-state index is 11.3.